The Bertz CT molecular complexity index is 491. The van der Waals surface area contributed by atoms with E-state index in [0.717, 1.165) is 0 Å². The zero-order valence-corrected chi connectivity index (χ0v) is 11.7. The molecule has 0 aromatic heterocycles. The Labute approximate surface area is 116 Å². The first-order valence-corrected chi connectivity index (χ1v) is 7.22. The minimum atomic E-state index is 1.19. The van der Waals surface area contributed by atoms with Crippen LogP contribution in [0.4, 0.5) is 0 Å². The van der Waals surface area contributed by atoms with Crippen molar-refractivity contribution in [3.63, 3.8) is 0 Å². The zero-order chi connectivity index (χ0) is 13.3. The van der Waals surface area contributed by atoms with Crippen molar-refractivity contribution in [2.45, 2.75) is 32.6 Å². The topological polar surface area (TPSA) is 0 Å². The average molecular weight is 250 g/mol. The number of unbranched alkanes of at least 4 members (excludes halogenated alkanes) is 3. The van der Waals surface area contributed by atoms with Crippen molar-refractivity contribution in [2.24, 2.45) is 0 Å². The van der Waals surface area contributed by atoms with Crippen LogP contribution in [0.25, 0.3) is 17.2 Å². The fourth-order valence-corrected chi connectivity index (χ4v) is 2.15. The van der Waals surface area contributed by atoms with Crippen molar-refractivity contribution in [1.82, 2.24) is 0 Å². The van der Waals surface area contributed by atoms with Crippen molar-refractivity contribution < 1.29 is 0 Å². The van der Waals surface area contributed by atoms with Crippen LogP contribution in [0.3, 0.4) is 0 Å². The van der Waals surface area contributed by atoms with Crippen molar-refractivity contribution in [3.8, 4) is 11.1 Å². The van der Waals surface area contributed by atoms with Crippen LogP contribution < -0.4 is 0 Å². The van der Waals surface area contributed by atoms with Gasteiger partial charge in [-0.1, -0.05) is 86.5 Å². The summed E-state index contributed by atoms with van der Waals surface area (Å²) >= 11 is 0. The SMILES string of the molecule is CCCCCC=Cc1ccc(-c2ccccc2)cc1. The Hall–Kier alpha value is -1.82. The number of allylic oxidation sites excluding steroid dienone is 1. The van der Waals surface area contributed by atoms with Crippen LogP contribution in [-0.2, 0) is 0 Å². The molecule has 0 heterocycles. The van der Waals surface area contributed by atoms with Gasteiger partial charge in [-0.2, -0.15) is 0 Å². The maximum Gasteiger partial charge on any atom is -0.0184 e. The summed E-state index contributed by atoms with van der Waals surface area (Å²) in [5.74, 6) is 0. The second kappa shape index (κ2) is 7.58. The van der Waals surface area contributed by atoms with E-state index in [9.17, 15) is 0 Å². The van der Waals surface area contributed by atoms with Crippen molar-refractivity contribution in [1.29, 1.82) is 0 Å². The average Bonchev–Trinajstić information content (AvgIpc) is 2.49. The number of hydrogen-bond donors (Lipinski definition) is 0. The highest BCUT2D eigenvalue weighted by atomic mass is 14.0. The lowest BCUT2D eigenvalue weighted by molar-refractivity contribution is 0.730. The van der Waals surface area contributed by atoms with Crippen molar-refractivity contribution >= 4 is 6.08 Å². The minimum Gasteiger partial charge on any atom is -0.0839 e. The van der Waals surface area contributed by atoms with Crippen LogP contribution >= 0.6 is 0 Å². The van der Waals surface area contributed by atoms with E-state index in [0.29, 0.717) is 0 Å². The Morgan fingerprint density at radius 3 is 2.16 bits per heavy atom. The van der Waals surface area contributed by atoms with E-state index in [1.165, 1.54) is 42.4 Å². The van der Waals surface area contributed by atoms with Gasteiger partial charge in [0.15, 0.2) is 0 Å². The van der Waals surface area contributed by atoms with Gasteiger partial charge in [-0.05, 0) is 29.5 Å². The largest absolute Gasteiger partial charge is 0.0839 e. The third-order valence-corrected chi connectivity index (χ3v) is 3.30. The molecule has 0 saturated heterocycles. The smallest absolute Gasteiger partial charge is 0.0184 e. The molecular formula is C19H22. The molecule has 0 amide bonds. The highest BCUT2D eigenvalue weighted by molar-refractivity contribution is 5.65. The first-order valence-electron chi connectivity index (χ1n) is 7.22. The lowest BCUT2D eigenvalue weighted by atomic mass is 10.0. The van der Waals surface area contributed by atoms with E-state index in [4.69, 9.17) is 0 Å². The van der Waals surface area contributed by atoms with E-state index in [-0.39, 0.29) is 0 Å². The maximum absolute atomic E-state index is 2.28. The Balaban J connectivity index is 1.95. The summed E-state index contributed by atoms with van der Waals surface area (Å²) in [5.41, 5.74) is 3.85. The molecule has 0 bridgehead atoms. The van der Waals surface area contributed by atoms with Crippen LogP contribution in [0.1, 0.15) is 38.2 Å². The summed E-state index contributed by atoms with van der Waals surface area (Å²) in [6.45, 7) is 2.24. The first-order chi connectivity index (χ1) is 9.40. The zero-order valence-electron chi connectivity index (χ0n) is 11.7. The quantitative estimate of drug-likeness (QED) is 0.556. The van der Waals surface area contributed by atoms with E-state index in [2.05, 4.69) is 73.7 Å². The van der Waals surface area contributed by atoms with Gasteiger partial charge in [0.25, 0.3) is 0 Å². The number of hydrogen-bond acceptors (Lipinski definition) is 0. The summed E-state index contributed by atoms with van der Waals surface area (Å²) < 4.78 is 0. The molecule has 0 unspecified atom stereocenters. The molecule has 0 atom stereocenters. The fourth-order valence-electron chi connectivity index (χ4n) is 2.15. The van der Waals surface area contributed by atoms with Gasteiger partial charge in [0.05, 0.1) is 0 Å². The van der Waals surface area contributed by atoms with Gasteiger partial charge >= 0.3 is 0 Å². The molecule has 0 nitrogen and oxygen atoms in total. The molecule has 0 heteroatoms. The van der Waals surface area contributed by atoms with Gasteiger partial charge in [-0.15, -0.1) is 0 Å². The molecule has 0 saturated carbocycles. The standard InChI is InChI=1S/C19H22/c1-2-3-4-5-7-10-17-13-15-19(16-14-17)18-11-8-6-9-12-18/h6-16H,2-5H2,1H3. The monoisotopic (exact) mass is 250 g/mol. The second-order valence-corrected chi connectivity index (χ2v) is 4.89. The molecule has 0 spiro atoms. The molecule has 0 N–H and O–H groups in total. The summed E-state index contributed by atoms with van der Waals surface area (Å²) in [4.78, 5) is 0. The fraction of sp³-hybridized carbons (Fsp3) is 0.263. The number of benzene rings is 2. The van der Waals surface area contributed by atoms with Crippen LogP contribution in [-0.4, -0.2) is 0 Å². The van der Waals surface area contributed by atoms with Gasteiger partial charge in [0.2, 0.25) is 0 Å². The van der Waals surface area contributed by atoms with Crippen LogP contribution in [0, 0.1) is 0 Å². The molecule has 19 heavy (non-hydrogen) atoms. The maximum atomic E-state index is 2.28. The predicted molar refractivity (Wildman–Crippen MR) is 85.1 cm³/mol. The van der Waals surface area contributed by atoms with Gasteiger partial charge < -0.3 is 0 Å². The predicted octanol–water partition coefficient (Wildman–Crippen LogP) is 5.95. The lowest BCUT2D eigenvalue weighted by Crippen LogP contribution is -1.78. The highest BCUT2D eigenvalue weighted by Gasteiger charge is 1.95. The normalized spacial score (nSPS) is 11.0. The summed E-state index contributed by atoms with van der Waals surface area (Å²) in [6.07, 6.45) is 9.62. The first kappa shape index (κ1) is 13.6. The molecule has 0 aliphatic heterocycles. The lowest BCUT2D eigenvalue weighted by Gasteiger charge is -2.01. The molecular weight excluding hydrogens is 228 g/mol. The molecule has 2 aromatic carbocycles. The van der Waals surface area contributed by atoms with E-state index in [1.54, 1.807) is 0 Å². The van der Waals surface area contributed by atoms with Crippen molar-refractivity contribution in [2.75, 3.05) is 0 Å². The van der Waals surface area contributed by atoms with Gasteiger partial charge in [-0.3, -0.25) is 0 Å². The molecule has 2 aromatic rings. The van der Waals surface area contributed by atoms with E-state index < -0.39 is 0 Å². The Morgan fingerprint density at radius 1 is 0.789 bits per heavy atom. The summed E-state index contributed by atoms with van der Waals surface area (Å²) in [6, 6.07) is 19.3. The van der Waals surface area contributed by atoms with Crippen LogP contribution in [0.15, 0.2) is 60.7 Å². The summed E-state index contributed by atoms with van der Waals surface area (Å²) in [5, 5.41) is 0. The number of rotatable bonds is 6. The minimum absolute atomic E-state index is 1.19. The molecule has 0 aliphatic rings. The Kier molecular flexibility index (Phi) is 5.43. The molecule has 0 aliphatic carbocycles. The summed E-state index contributed by atoms with van der Waals surface area (Å²) in [7, 11) is 0. The van der Waals surface area contributed by atoms with Crippen LogP contribution in [0.5, 0.6) is 0 Å². The van der Waals surface area contributed by atoms with Crippen molar-refractivity contribution in [3.05, 3.63) is 66.2 Å². The molecule has 2 rings (SSSR count). The molecule has 0 radical (unpaired) electrons. The molecule has 98 valence electrons. The van der Waals surface area contributed by atoms with Gasteiger partial charge in [-0.25, -0.2) is 0 Å². The van der Waals surface area contributed by atoms with Gasteiger partial charge in [0.1, 0.15) is 0 Å². The van der Waals surface area contributed by atoms with Crippen LogP contribution in [0.2, 0.25) is 0 Å². The molecule has 0 fully saturated rings. The highest BCUT2D eigenvalue weighted by Crippen LogP contribution is 2.19. The van der Waals surface area contributed by atoms with E-state index >= 15 is 0 Å². The Morgan fingerprint density at radius 2 is 1.47 bits per heavy atom. The second-order valence-electron chi connectivity index (χ2n) is 4.89. The van der Waals surface area contributed by atoms with Gasteiger partial charge in [0, 0.05) is 0 Å². The third kappa shape index (κ3) is 4.40. The third-order valence-electron chi connectivity index (χ3n) is 3.30. The van der Waals surface area contributed by atoms with E-state index in [1.807, 2.05) is 0 Å².